The number of hydrogen-bond acceptors (Lipinski definition) is 6. The third-order valence-electron chi connectivity index (χ3n) is 3.30. The quantitative estimate of drug-likeness (QED) is 0.503. The second kappa shape index (κ2) is 4.76. The summed E-state index contributed by atoms with van der Waals surface area (Å²) in [6.45, 7) is 0. The Labute approximate surface area is 115 Å². The van der Waals surface area contributed by atoms with E-state index in [-0.39, 0.29) is 11.4 Å². The van der Waals surface area contributed by atoms with Crippen LogP contribution in [0.15, 0.2) is 24.4 Å². The van der Waals surface area contributed by atoms with Crippen LogP contribution in [0.25, 0.3) is 0 Å². The maximum Gasteiger partial charge on any atom is 0.294 e. The van der Waals surface area contributed by atoms with Gasteiger partial charge in [-0.15, -0.1) is 0 Å². The van der Waals surface area contributed by atoms with Crippen LogP contribution in [0.4, 0.5) is 23.0 Å². The highest BCUT2D eigenvalue weighted by Crippen LogP contribution is 2.27. The van der Waals surface area contributed by atoms with Gasteiger partial charge in [-0.05, 0) is 37.0 Å². The fourth-order valence-electron chi connectivity index (χ4n) is 2.28. The standard InChI is InChI=1S/C13H13N5O2/c14-10-5-4-9(6-12(10)18(19)20)16-13-15-7-8-2-1-3-11(8)17-13/h4-7H,1-3,14H2,(H,15,16,17). The van der Waals surface area contributed by atoms with Gasteiger partial charge in [-0.2, -0.15) is 0 Å². The van der Waals surface area contributed by atoms with Gasteiger partial charge in [0, 0.05) is 23.6 Å². The van der Waals surface area contributed by atoms with Crippen molar-refractivity contribution >= 4 is 23.0 Å². The second-order valence-electron chi connectivity index (χ2n) is 4.67. The number of nitrogens with two attached hydrogens (primary N) is 1. The molecular weight excluding hydrogens is 258 g/mol. The lowest BCUT2D eigenvalue weighted by Gasteiger charge is -2.07. The van der Waals surface area contributed by atoms with Gasteiger partial charge in [-0.3, -0.25) is 10.1 Å². The molecule has 1 aliphatic carbocycles. The molecule has 20 heavy (non-hydrogen) atoms. The average molecular weight is 271 g/mol. The topological polar surface area (TPSA) is 107 Å². The predicted octanol–water partition coefficient (Wildman–Crippen LogP) is 2.20. The van der Waals surface area contributed by atoms with E-state index in [1.165, 1.54) is 17.7 Å². The van der Waals surface area contributed by atoms with Crippen LogP contribution in [0.1, 0.15) is 17.7 Å². The van der Waals surface area contributed by atoms with Crippen molar-refractivity contribution in [3.05, 3.63) is 45.8 Å². The lowest BCUT2D eigenvalue weighted by atomic mass is 10.2. The van der Waals surface area contributed by atoms with Crippen molar-refractivity contribution in [3.63, 3.8) is 0 Å². The fraction of sp³-hybridized carbons (Fsp3) is 0.231. The molecule has 1 aliphatic rings. The number of fused-ring (bicyclic) bond motifs is 1. The Kier molecular flexibility index (Phi) is 2.94. The molecule has 0 unspecified atom stereocenters. The van der Waals surface area contributed by atoms with Gasteiger partial charge in [0.2, 0.25) is 5.95 Å². The number of nitrogens with zero attached hydrogens (tertiary/aromatic N) is 3. The summed E-state index contributed by atoms with van der Waals surface area (Å²) in [7, 11) is 0. The van der Waals surface area contributed by atoms with Crippen LogP contribution < -0.4 is 11.1 Å². The fourth-order valence-corrected chi connectivity index (χ4v) is 2.28. The molecular formula is C13H13N5O2. The molecule has 0 fully saturated rings. The maximum absolute atomic E-state index is 10.8. The minimum absolute atomic E-state index is 0.129. The summed E-state index contributed by atoms with van der Waals surface area (Å²) >= 11 is 0. The van der Waals surface area contributed by atoms with Crippen LogP contribution in [0.5, 0.6) is 0 Å². The summed E-state index contributed by atoms with van der Waals surface area (Å²) in [5.41, 5.74) is 8.34. The van der Waals surface area contributed by atoms with E-state index < -0.39 is 4.92 Å². The summed E-state index contributed by atoms with van der Waals surface area (Å²) in [6.07, 6.45) is 4.88. The summed E-state index contributed by atoms with van der Waals surface area (Å²) < 4.78 is 0. The second-order valence-corrected chi connectivity index (χ2v) is 4.67. The van der Waals surface area contributed by atoms with Gasteiger partial charge < -0.3 is 11.1 Å². The number of aryl methyl sites for hydroxylation is 2. The average Bonchev–Trinajstić information content (AvgIpc) is 2.88. The summed E-state index contributed by atoms with van der Waals surface area (Å²) in [5, 5.41) is 13.8. The molecule has 0 radical (unpaired) electrons. The minimum Gasteiger partial charge on any atom is -0.393 e. The van der Waals surface area contributed by atoms with E-state index in [9.17, 15) is 10.1 Å². The molecule has 0 bridgehead atoms. The number of nitrogen functional groups attached to an aromatic ring is 1. The van der Waals surface area contributed by atoms with E-state index in [0.717, 1.165) is 25.0 Å². The van der Waals surface area contributed by atoms with E-state index >= 15 is 0 Å². The van der Waals surface area contributed by atoms with Crippen LogP contribution in [-0.4, -0.2) is 14.9 Å². The molecule has 0 aliphatic heterocycles. The Balaban J connectivity index is 1.88. The Hall–Kier alpha value is -2.70. The number of rotatable bonds is 3. The minimum atomic E-state index is -0.510. The molecule has 7 nitrogen and oxygen atoms in total. The summed E-state index contributed by atoms with van der Waals surface area (Å²) in [5.74, 6) is 0.449. The zero-order chi connectivity index (χ0) is 14.1. The van der Waals surface area contributed by atoms with Crippen molar-refractivity contribution in [1.29, 1.82) is 0 Å². The number of anilines is 3. The van der Waals surface area contributed by atoms with E-state index in [2.05, 4.69) is 15.3 Å². The normalized spacial score (nSPS) is 13.0. The van der Waals surface area contributed by atoms with Gasteiger partial charge in [0.05, 0.1) is 4.92 Å². The zero-order valence-corrected chi connectivity index (χ0v) is 10.7. The molecule has 1 aromatic heterocycles. The Morgan fingerprint density at radius 2 is 2.20 bits per heavy atom. The molecule has 2 aromatic rings. The molecule has 0 spiro atoms. The number of nitro groups is 1. The number of nitro benzene ring substituents is 1. The molecule has 3 N–H and O–H groups in total. The molecule has 7 heteroatoms. The van der Waals surface area contributed by atoms with Crippen LogP contribution >= 0.6 is 0 Å². The third kappa shape index (κ3) is 2.25. The van der Waals surface area contributed by atoms with Crippen molar-refractivity contribution < 1.29 is 4.92 Å². The molecule has 0 amide bonds. The summed E-state index contributed by atoms with van der Waals surface area (Å²) in [4.78, 5) is 19.0. The van der Waals surface area contributed by atoms with Gasteiger partial charge in [-0.25, -0.2) is 9.97 Å². The molecule has 0 atom stereocenters. The predicted molar refractivity (Wildman–Crippen MR) is 74.8 cm³/mol. The SMILES string of the molecule is Nc1ccc(Nc2ncc3c(n2)CCC3)cc1[N+](=O)[O-]. The van der Waals surface area contributed by atoms with Gasteiger partial charge in [0.15, 0.2) is 0 Å². The van der Waals surface area contributed by atoms with Crippen molar-refractivity contribution in [3.8, 4) is 0 Å². The lowest BCUT2D eigenvalue weighted by molar-refractivity contribution is -0.383. The van der Waals surface area contributed by atoms with E-state index in [0.29, 0.717) is 11.6 Å². The smallest absolute Gasteiger partial charge is 0.294 e. The van der Waals surface area contributed by atoms with E-state index in [1.54, 1.807) is 6.07 Å². The van der Waals surface area contributed by atoms with Crippen LogP contribution in [0.2, 0.25) is 0 Å². The highest BCUT2D eigenvalue weighted by molar-refractivity contribution is 5.67. The third-order valence-corrected chi connectivity index (χ3v) is 3.30. The van der Waals surface area contributed by atoms with E-state index in [1.807, 2.05) is 6.20 Å². The van der Waals surface area contributed by atoms with Crippen LogP contribution in [0, 0.1) is 10.1 Å². The van der Waals surface area contributed by atoms with Crippen molar-refractivity contribution in [2.24, 2.45) is 0 Å². The molecule has 102 valence electrons. The first kappa shape index (κ1) is 12.3. The van der Waals surface area contributed by atoms with Crippen LogP contribution in [0.3, 0.4) is 0 Å². The van der Waals surface area contributed by atoms with Crippen molar-refractivity contribution in [2.45, 2.75) is 19.3 Å². The monoisotopic (exact) mass is 271 g/mol. The summed E-state index contributed by atoms with van der Waals surface area (Å²) in [6, 6.07) is 4.54. The Morgan fingerprint density at radius 1 is 1.35 bits per heavy atom. The first-order chi connectivity index (χ1) is 9.63. The van der Waals surface area contributed by atoms with Gasteiger partial charge in [0.25, 0.3) is 5.69 Å². The highest BCUT2D eigenvalue weighted by Gasteiger charge is 2.15. The first-order valence-electron chi connectivity index (χ1n) is 6.29. The first-order valence-corrected chi connectivity index (χ1v) is 6.29. The molecule has 0 saturated heterocycles. The Bertz CT molecular complexity index is 686. The highest BCUT2D eigenvalue weighted by atomic mass is 16.6. The molecule has 0 saturated carbocycles. The maximum atomic E-state index is 10.8. The van der Waals surface area contributed by atoms with E-state index in [4.69, 9.17) is 5.73 Å². The van der Waals surface area contributed by atoms with Crippen molar-refractivity contribution in [2.75, 3.05) is 11.1 Å². The molecule has 3 rings (SSSR count). The van der Waals surface area contributed by atoms with Gasteiger partial charge in [-0.1, -0.05) is 0 Å². The Morgan fingerprint density at radius 3 is 3.00 bits per heavy atom. The van der Waals surface area contributed by atoms with Crippen molar-refractivity contribution in [1.82, 2.24) is 9.97 Å². The molecule has 1 aromatic carbocycles. The number of aromatic nitrogens is 2. The number of hydrogen-bond donors (Lipinski definition) is 2. The molecule has 1 heterocycles. The largest absolute Gasteiger partial charge is 0.393 e. The number of nitrogens with one attached hydrogen (secondary N) is 1. The zero-order valence-electron chi connectivity index (χ0n) is 10.7. The van der Waals surface area contributed by atoms with Gasteiger partial charge >= 0.3 is 0 Å². The van der Waals surface area contributed by atoms with Crippen LogP contribution in [-0.2, 0) is 12.8 Å². The lowest BCUT2D eigenvalue weighted by Crippen LogP contribution is -2.02. The van der Waals surface area contributed by atoms with Gasteiger partial charge in [0.1, 0.15) is 5.69 Å². The number of benzene rings is 1.